The van der Waals surface area contributed by atoms with E-state index < -0.39 is 4.92 Å². The first-order valence-corrected chi connectivity index (χ1v) is 7.72. The lowest BCUT2D eigenvalue weighted by atomic mass is 9.80. The molecule has 0 saturated carbocycles. The van der Waals surface area contributed by atoms with Crippen molar-refractivity contribution < 1.29 is 10.0 Å². The molecule has 6 nitrogen and oxygen atoms in total. The first-order chi connectivity index (χ1) is 10.2. The predicted molar refractivity (Wildman–Crippen MR) is 101 cm³/mol. The fourth-order valence-electron chi connectivity index (χ4n) is 3.10. The summed E-state index contributed by atoms with van der Waals surface area (Å²) in [6.45, 7) is 9.23. The molecule has 1 aromatic rings. The minimum Gasteiger partial charge on any atom is -0.506 e. The van der Waals surface area contributed by atoms with Gasteiger partial charge in [0.1, 0.15) is 5.75 Å². The molecule has 0 spiro atoms. The minimum absolute atomic E-state index is 0. The van der Waals surface area contributed by atoms with Crippen molar-refractivity contribution in [3.63, 3.8) is 0 Å². The molecule has 9 heteroatoms. The highest BCUT2D eigenvalue weighted by molar-refractivity contribution is 6.32. The Labute approximate surface area is 159 Å². The van der Waals surface area contributed by atoms with E-state index in [1.54, 1.807) is 0 Å². The molecule has 0 unspecified atom stereocenters. The molecule has 2 rings (SSSR count). The SMILES string of the molecule is CC(C)(C)[C@@H](c1c([N+](=O)[O-])ccc(Cl)c1O)N1CCNCC1.Cl.Cl. The summed E-state index contributed by atoms with van der Waals surface area (Å²) in [7, 11) is 0. The molecule has 2 N–H and O–H groups in total. The first-order valence-electron chi connectivity index (χ1n) is 7.34. The van der Waals surface area contributed by atoms with Crippen LogP contribution < -0.4 is 5.32 Å². The molecule has 1 saturated heterocycles. The molecular formula is C15H24Cl3N3O3. The zero-order valence-corrected chi connectivity index (χ0v) is 16.3. The van der Waals surface area contributed by atoms with Gasteiger partial charge in [-0.1, -0.05) is 32.4 Å². The van der Waals surface area contributed by atoms with Crippen LogP contribution in [0.4, 0.5) is 5.69 Å². The fraction of sp³-hybridized carbons (Fsp3) is 0.600. The molecule has 1 aliphatic heterocycles. The van der Waals surface area contributed by atoms with Gasteiger partial charge in [-0.2, -0.15) is 0 Å². The molecule has 0 aliphatic carbocycles. The topological polar surface area (TPSA) is 78.6 Å². The van der Waals surface area contributed by atoms with Gasteiger partial charge in [0.05, 0.1) is 21.6 Å². The Morgan fingerprint density at radius 2 is 1.83 bits per heavy atom. The zero-order valence-electron chi connectivity index (χ0n) is 13.9. The van der Waals surface area contributed by atoms with Crippen molar-refractivity contribution >= 4 is 42.1 Å². The van der Waals surface area contributed by atoms with Gasteiger partial charge in [-0.25, -0.2) is 0 Å². The second-order valence-corrected chi connectivity index (χ2v) is 7.05. The van der Waals surface area contributed by atoms with Gasteiger partial charge in [0, 0.05) is 32.2 Å². The van der Waals surface area contributed by atoms with Crippen molar-refractivity contribution in [3.05, 3.63) is 32.8 Å². The molecule has 0 aromatic heterocycles. The smallest absolute Gasteiger partial charge is 0.278 e. The summed E-state index contributed by atoms with van der Waals surface area (Å²) < 4.78 is 0. The number of phenols is 1. The van der Waals surface area contributed by atoms with Crippen molar-refractivity contribution in [3.8, 4) is 5.75 Å². The zero-order chi connectivity index (χ0) is 16.5. The summed E-state index contributed by atoms with van der Waals surface area (Å²) in [5, 5.41) is 25.2. The van der Waals surface area contributed by atoms with Crippen molar-refractivity contribution in [2.45, 2.75) is 26.8 Å². The van der Waals surface area contributed by atoms with Gasteiger partial charge < -0.3 is 10.4 Å². The van der Waals surface area contributed by atoms with E-state index in [1.165, 1.54) is 12.1 Å². The van der Waals surface area contributed by atoms with Crippen LogP contribution in [-0.2, 0) is 0 Å². The van der Waals surface area contributed by atoms with Crippen molar-refractivity contribution in [1.29, 1.82) is 0 Å². The summed E-state index contributed by atoms with van der Waals surface area (Å²) in [4.78, 5) is 13.1. The number of hydrogen-bond donors (Lipinski definition) is 2. The van der Waals surface area contributed by atoms with Crippen LogP contribution in [-0.4, -0.2) is 41.1 Å². The maximum Gasteiger partial charge on any atom is 0.278 e. The number of piperazine rings is 1. The van der Waals surface area contributed by atoms with Crippen molar-refractivity contribution in [1.82, 2.24) is 10.2 Å². The normalized spacial score (nSPS) is 16.7. The Morgan fingerprint density at radius 1 is 1.29 bits per heavy atom. The maximum absolute atomic E-state index is 11.4. The van der Waals surface area contributed by atoms with E-state index >= 15 is 0 Å². The lowest BCUT2D eigenvalue weighted by Crippen LogP contribution is -2.48. The van der Waals surface area contributed by atoms with E-state index in [0.717, 1.165) is 26.2 Å². The third kappa shape index (κ3) is 4.86. The second-order valence-electron chi connectivity index (χ2n) is 6.64. The molecule has 0 radical (unpaired) electrons. The predicted octanol–water partition coefficient (Wildman–Crippen LogP) is 3.79. The van der Waals surface area contributed by atoms with Crippen molar-refractivity contribution in [2.24, 2.45) is 5.41 Å². The Bertz CT molecular complexity index is 573. The number of rotatable bonds is 3. The number of nitrogens with zero attached hydrogens (tertiary/aromatic N) is 2. The number of nitrogens with one attached hydrogen (secondary N) is 1. The molecule has 0 bridgehead atoms. The van der Waals surface area contributed by atoms with E-state index in [9.17, 15) is 15.2 Å². The number of hydrogen-bond acceptors (Lipinski definition) is 5. The van der Waals surface area contributed by atoms with E-state index in [2.05, 4.69) is 10.2 Å². The highest BCUT2D eigenvalue weighted by atomic mass is 35.5. The number of nitro groups is 1. The van der Waals surface area contributed by atoms with E-state index in [0.29, 0.717) is 5.56 Å². The van der Waals surface area contributed by atoms with E-state index in [1.807, 2.05) is 20.8 Å². The lowest BCUT2D eigenvalue weighted by Gasteiger charge is -2.42. The van der Waals surface area contributed by atoms with Crippen LogP contribution in [0.5, 0.6) is 5.75 Å². The quantitative estimate of drug-likeness (QED) is 0.596. The highest BCUT2D eigenvalue weighted by Crippen LogP contribution is 2.47. The van der Waals surface area contributed by atoms with Gasteiger partial charge in [0.2, 0.25) is 0 Å². The second kappa shape index (κ2) is 9.06. The van der Waals surface area contributed by atoms with Gasteiger partial charge in [0.15, 0.2) is 0 Å². The summed E-state index contributed by atoms with van der Waals surface area (Å²) in [5.74, 6) is -0.186. The van der Waals surface area contributed by atoms with Crippen LogP contribution in [0.25, 0.3) is 0 Å². The Balaban J connectivity index is 0.00000264. The van der Waals surface area contributed by atoms with Crippen LogP contribution in [0.3, 0.4) is 0 Å². The molecule has 1 atom stereocenters. The lowest BCUT2D eigenvalue weighted by molar-refractivity contribution is -0.386. The Kier molecular flexibility index (Phi) is 8.76. The molecule has 24 heavy (non-hydrogen) atoms. The van der Waals surface area contributed by atoms with E-state index in [4.69, 9.17) is 11.6 Å². The maximum atomic E-state index is 11.4. The molecular weight excluding hydrogens is 377 g/mol. The summed E-state index contributed by atoms with van der Waals surface area (Å²) >= 11 is 6.02. The summed E-state index contributed by atoms with van der Waals surface area (Å²) in [5.41, 5.74) is -0.0585. The van der Waals surface area contributed by atoms with Crippen LogP contribution in [0.2, 0.25) is 5.02 Å². The molecule has 1 aromatic carbocycles. The van der Waals surface area contributed by atoms with Gasteiger partial charge in [0.25, 0.3) is 5.69 Å². The number of benzene rings is 1. The van der Waals surface area contributed by atoms with Crippen LogP contribution in [0.15, 0.2) is 12.1 Å². The summed E-state index contributed by atoms with van der Waals surface area (Å²) in [6.07, 6.45) is 0. The third-order valence-corrected chi connectivity index (χ3v) is 4.26. The first kappa shape index (κ1) is 23.2. The average Bonchev–Trinajstić information content (AvgIpc) is 2.43. The van der Waals surface area contributed by atoms with Crippen LogP contribution >= 0.6 is 36.4 Å². The largest absolute Gasteiger partial charge is 0.506 e. The van der Waals surface area contributed by atoms with Gasteiger partial charge in [-0.05, 0) is 11.5 Å². The summed E-state index contributed by atoms with van der Waals surface area (Å²) in [6, 6.07) is 2.46. The number of phenolic OH excluding ortho intramolecular Hbond substituents is 1. The highest BCUT2D eigenvalue weighted by Gasteiger charge is 2.39. The molecule has 1 fully saturated rings. The van der Waals surface area contributed by atoms with Crippen LogP contribution in [0.1, 0.15) is 32.4 Å². The number of nitro benzene ring substituents is 1. The monoisotopic (exact) mass is 399 g/mol. The molecule has 1 aliphatic rings. The third-order valence-electron chi connectivity index (χ3n) is 3.95. The standard InChI is InChI=1S/C15H22ClN3O3.2ClH/c1-15(2,3)14(18-8-6-17-7-9-18)12-11(19(21)22)5-4-10(16)13(12)20;;/h4-5,14,17,20H,6-9H2,1-3H3;2*1H/t14-;;/m1../s1. The van der Waals surface area contributed by atoms with Gasteiger partial charge in [-0.3, -0.25) is 15.0 Å². The minimum atomic E-state index is -0.452. The van der Waals surface area contributed by atoms with Gasteiger partial charge >= 0.3 is 0 Å². The molecule has 1 heterocycles. The van der Waals surface area contributed by atoms with Crippen molar-refractivity contribution in [2.75, 3.05) is 26.2 Å². The van der Waals surface area contributed by atoms with Gasteiger partial charge in [-0.15, -0.1) is 24.8 Å². The van der Waals surface area contributed by atoms with E-state index in [-0.39, 0.29) is 52.7 Å². The average molecular weight is 401 g/mol. The Morgan fingerprint density at radius 3 is 2.29 bits per heavy atom. The molecule has 138 valence electrons. The number of aromatic hydroxyl groups is 1. The Hall–Kier alpha value is -0.790. The number of halogens is 3. The fourth-order valence-corrected chi connectivity index (χ4v) is 3.27. The van der Waals surface area contributed by atoms with Crippen LogP contribution in [0, 0.1) is 15.5 Å². The molecule has 0 amide bonds.